The smallest absolute Gasteiger partial charge is 0.345 e. The number of hydrogen-bond acceptors (Lipinski definition) is 3. The van der Waals surface area contributed by atoms with Crippen LogP contribution in [0, 0.1) is 0 Å². The predicted octanol–water partition coefficient (Wildman–Crippen LogP) is 2.96. The zero-order chi connectivity index (χ0) is 15.2. The first-order valence-electron chi connectivity index (χ1n) is 6.60. The van der Waals surface area contributed by atoms with Gasteiger partial charge in [-0.25, -0.2) is 4.79 Å². The first kappa shape index (κ1) is 14.8. The lowest BCUT2D eigenvalue weighted by molar-refractivity contribution is -0.145. The molecule has 2 aromatic rings. The van der Waals surface area contributed by atoms with Crippen molar-refractivity contribution in [1.29, 1.82) is 0 Å². The molecule has 0 unspecified atom stereocenters. The minimum Gasteiger partial charge on any atom is -0.478 e. The van der Waals surface area contributed by atoms with Crippen molar-refractivity contribution in [3.63, 3.8) is 0 Å². The number of carbonyl (C=O) groups excluding carboxylic acids is 1. The fourth-order valence-electron chi connectivity index (χ4n) is 1.94. The molecule has 0 aliphatic rings. The zero-order valence-corrected chi connectivity index (χ0v) is 11.7. The summed E-state index contributed by atoms with van der Waals surface area (Å²) in [5, 5.41) is 9.26. The molecule has 0 amide bonds. The second-order valence-electron chi connectivity index (χ2n) is 4.72. The van der Waals surface area contributed by atoms with Crippen molar-refractivity contribution < 1.29 is 19.4 Å². The van der Waals surface area contributed by atoms with Gasteiger partial charge in [-0.15, -0.1) is 0 Å². The van der Waals surface area contributed by atoms with E-state index >= 15 is 0 Å². The van der Waals surface area contributed by atoms with Crippen molar-refractivity contribution in [3.05, 3.63) is 65.7 Å². The Kier molecular flexibility index (Phi) is 4.72. The molecule has 4 nitrogen and oxygen atoms in total. The number of Topliss-reactive ketones (excluding diaryl/α,β-unsaturated/α-hetero) is 1. The zero-order valence-electron chi connectivity index (χ0n) is 11.7. The average molecular weight is 284 g/mol. The highest BCUT2D eigenvalue weighted by Crippen LogP contribution is 2.16. The minimum absolute atomic E-state index is 0.0411. The number of ether oxygens (including phenoxy) is 1. The quantitative estimate of drug-likeness (QED) is 0.828. The first-order valence-corrected chi connectivity index (χ1v) is 6.60. The van der Waals surface area contributed by atoms with E-state index in [-0.39, 0.29) is 12.2 Å². The summed E-state index contributed by atoms with van der Waals surface area (Å²) in [6.07, 6.45) is -0.680. The second kappa shape index (κ2) is 6.70. The summed E-state index contributed by atoms with van der Waals surface area (Å²) in [5.74, 6) is -0.626. The lowest BCUT2D eigenvalue weighted by Gasteiger charge is -2.15. The van der Waals surface area contributed by atoms with Crippen LogP contribution in [0.15, 0.2) is 54.6 Å². The number of aliphatic carboxylic acids is 1. The maximum Gasteiger partial charge on any atom is 0.345 e. The lowest BCUT2D eigenvalue weighted by atomic mass is 10.1. The van der Waals surface area contributed by atoms with Crippen LogP contribution < -0.4 is 4.74 Å². The van der Waals surface area contributed by atoms with E-state index in [2.05, 4.69) is 0 Å². The van der Waals surface area contributed by atoms with E-state index in [9.17, 15) is 14.7 Å². The van der Waals surface area contributed by atoms with Gasteiger partial charge in [0, 0.05) is 12.0 Å². The van der Waals surface area contributed by atoms with Crippen LogP contribution in [0.25, 0.3) is 0 Å². The largest absolute Gasteiger partial charge is 0.478 e. The topological polar surface area (TPSA) is 63.6 Å². The Hall–Kier alpha value is -2.62. The Morgan fingerprint density at radius 1 is 1.05 bits per heavy atom. The Labute approximate surface area is 123 Å². The van der Waals surface area contributed by atoms with E-state index in [0.29, 0.717) is 11.3 Å². The van der Waals surface area contributed by atoms with Crippen molar-refractivity contribution in [2.24, 2.45) is 0 Å². The van der Waals surface area contributed by atoms with Crippen molar-refractivity contribution >= 4 is 11.8 Å². The van der Waals surface area contributed by atoms with Gasteiger partial charge in [0.1, 0.15) is 5.75 Å². The monoisotopic (exact) mass is 284 g/mol. The molecule has 0 saturated heterocycles. The molecule has 0 saturated carbocycles. The molecule has 0 radical (unpaired) electrons. The van der Waals surface area contributed by atoms with Crippen LogP contribution in [0.5, 0.6) is 5.75 Å². The highest BCUT2D eigenvalue weighted by molar-refractivity contribution is 5.94. The van der Waals surface area contributed by atoms with Gasteiger partial charge in [-0.1, -0.05) is 30.3 Å². The molecule has 0 aliphatic heterocycles. The van der Waals surface area contributed by atoms with Gasteiger partial charge >= 0.3 is 5.97 Å². The van der Waals surface area contributed by atoms with Gasteiger partial charge in [-0.3, -0.25) is 4.79 Å². The molecule has 0 spiro atoms. The number of ketones is 1. The lowest BCUT2D eigenvalue weighted by Crippen LogP contribution is -2.29. The summed E-state index contributed by atoms with van der Waals surface area (Å²) in [7, 11) is 0. The van der Waals surface area contributed by atoms with Gasteiger partial charge < -0.3 is 9.84 Å². The summed E-state index contributed by atoms with van der Waals surface area (Å²) in [6.45, 7) is 1.48. The van der Waals surface area contributed by atoms with Gasteiger partial charge in [-0.2, -0.15) is 0 Å². The molecule has 0 fully saturated rings. The van der Waals surface area contributed by atoms with Crippen molar-refractivity contribution in [1.82, 2.24) is 0 Å². The van der Waals surface area contributed by atoms with Crippen LogP contribution in [0.2, 0.25) is 0 Å². The highest BCUT2D eigenvalue weighted by Gasteiger charge is 2.20. The molecular formula is C17H16O4. The molecule has 0 aliphatic carbocycles. The number of rotatable bonds is 6. The maximum absolute atomic E-state index is 11.3. The summed E-state index contributed by atoms with van der Waals surface area (Å²) < 4.78 is 5.50. The minimum atomic E-state index is -1.02. The van der Waals surface area contributed by atoms with Gasteiger partial charge in [-0.05, 0) is 36.8 Å². The number of benzene rings is 2. The second-order valence-corrected chi connectivity index (χ2v) is 4.72. The van der Waals surface area contributed by atoms with Crippen LogP contribution in [-0.4, -0.2) is 23.0 Å². The Bertz CT molecular complexity index is 617. The molecule has 0 aromatic heterocycles. The molecule has 4 heteroatoms. The number of carboxylic acids is 1. The molecular weight excluding hydrogens is 268 g/mol. The summed E-state index contributed by atoms with van der Waals surface area (Å²) >= 11 is 0. The van der Waals surface area contributed by atoms with E-state index in [1.807, 2.05) is 30.3 Å². The molecule has 108 valence electrons. The Balaban J connectivity index is 2.09. The maximum atomic E-state index is 11.3. The predicted molar refractivity (Wildman–Crippen MR) is 78.6 cm³/mol. The van der Waals surface area contributed by atoms with E-state index in [0.717, 1.165) is 5.56 Å². The summed E-state index contributed by atoms with van der Waals surface area (Å²) in [5.41, 5.74) is 1.46. The first-order chi connectivity index (χ1) is 10.1. The van der Waals surface area contributed by atoms with Crippen LogP contribution in [0.3, 0.4) is 0 Å². The standard InChI is InChI=1S/C17H16O4/c1-12(18)14-7-9-15(10-8-14)21-16(17(19)20)11-13-5-3-2-4-6-13/h2-10,16H,11H2,1H3,(H,19,20)/t16-/m0/s1. The number of hydrogen-bond donors (Lipinski definition) is 1. The van der Waals surface area contributed by atoms with E-state index in [4.69, 9.17) is 4.74 Å². The third kappa shape index (κ3) is 4.18. The molecule has 2 aromatic carbocycles. The van der Waals surface area contributed by atoms with Crippen LogP contribution >= 0.6 is 0 Å². The fraction of sp³-hybridized carbons (Fsp3) is 0.176. The number of carboxylic acid groups (broad SMARTS) is 1. The third-order valence-corrected chi connectivity index (χ3v) is 3.08. The van der Waals surface area contributed by atoms with Gasteiger partial charge in [0.2, 0.25) is 0 Å². The SMILES string of the molecule is CC(=O)c1ccc(O[C@@H](Cc2ccccc2)C(=O)O)cc1. The van der Waals surface area contributed by atoms with E-state index < -0.39 is 12.1 Å². The average Bonchev–Trinajstić information content (AvgIpc) is 2.48. The van der Waals surface area contributed by atoms with Crippen LogP contribution in [-0.2, 0) is 11.2 Å². The normalized spacial score (nSPS) is 11.7. The van der Waals surface area contributed by atoms with E-state index in [1.165, 1.54) is 6.92 Å². The Morgan fingerprint density at radius 3 is 2.19 bits per heavy atom. The summed E-state index contributed by atoms with van der Waals surface area (Å²) in [6, 6.07) is 15.8. The molecule has 0 heterocycles. The van der Waals surface area contributed by atoms with Gasteiger partial charge in [0.25, 0.3) is 0 Å². The van der Waals surface area contributed by atoms with Crippen molar-refractivity contribution in [2.45, 2.75) is 19.4 Å². The molecule has 21 heavy (non-hydrogen) atoms. The third-order valence-electron chi connectivity index (χ3n) is 3.08. The van der Waals surface area contributed by atoms with Gasteiger partial charge in [0.15, 0.2) is 11.9 Å². The molecule has 1 N–H and O–H groups in total. The van der Waals surface area contributed by atoms with E-state index in [1.54, 1.807) is 24.3 Å². The van der Waals surface area contributed by atoms with Crippen LogP contribution in [0.4, 0.5) is 0 Å². The number of carbonyl (C=O) groups is 2. The molecule has 1 atom stereocenters. The van der Waals surface area contributed by atoms with Crippen molar-refractivity contribution in [2.75, 3.05) is 0 Å². The van der Waals surface area contributed by atoms with Crippen molar-refractivity contribution in [3.8, 4) is 5.75 Å². The molecule has 2 rings (SSSR count). The fourth-order valence-corrected chi connectivity index (χ4v) is 1.94. The Morgan fingerprint density at radius 2 is 1.67 bits per heavy atom. The highest BCUT2D eigenvalue weighted by atomic mass is 16.5. The van der Waals surface area contributed by atoms with Gasteiger partial charge in [0.05, 0.1) is 0 Å². The van der Waals surface area contributed by atoms with Crippen LogP contribution in [0.1, 0.15) is 22.8 Å². The molecule has 0 bridgehead atoms. The summed E-state index contributed by atoms with van der Waals surface area (Å²) in [4.78, 5) is 22.5.